The molecule has 2 aliphatic heterocycles. The number of methoxy groups -OCH3 is 2. The molecule has 1 aromatic carbocycles. The van der Waals surface area contributed by atoms with Crippen LogP contribution in [-0.2, 0) is 34.0 Å². The van der Waals surface area contributed by atoms with Gasteiger partial charge in [0.2, 0.25) is 17.5 Å². The highest BCUT2D eigenvalue weighted by atomic mass is 16.6. The first-order chi connectivity index (χ1) is 13.7. The number of anilines is 1. The summed E-state index contributed by atoms with van der Waals surface area (Å²) in [4.78, 5) is 48.6. The Bertz CT molecular complexity index is 1100. The summed E-state index contributed by atoms with van der Waals surface area (Å²) >= 11 is 0. The van der Waals surface area contributed by atoms with Crippen molar-refractivity contribution in [3.8, 4) is 6.07 Å². The number of hydrogen-bond acceptors (Lipinski definition) is 10. The van der Waals surface area contributed by atoms with Gasteiger partial charge in [-0.15, -0.1) is 0 Å². The highest BCUT2D eigenvalue weighted by Crippen LogP contribution is 2.52. The summed E-state index contributed by atoms with van der Waals surface area (Å²) in [6.45, 7) is 0. The van der Waals surface area contributed by atoms with E-state index >= 15 is 0 Å². The Kier molecular flexibility index (Phi) is 4.44. The fourth-order valence-corrected chi connectivity index (χ4v) is 3.32. The maximum atomic E-state index is 13.1. The van der Waals surface area contributed by atoms with E-state index in [1.807, 2.05) is 0 Å². The molecule has 0 fully saturated rings. The van der Waals surface area contributed by atoms with Gasteiger partial charge in [0.25, 0.3) is 5.69 Å². The largest absolute Gasteiger partial charge is 0.466 e. The van der Waals surface area contributed by atoms with Gasteiger partial charge in [-0.2, -0.15) is 5.26 Å². The molecule has 0 radical (unpaired) electrons. The van der Waals surface area contributed by atoms with Crippen LogP contribution in [0.2, 0.25) is 0 Å². The molecule has 148 valence electrons. The van der Waals surface area contributed by atoms with E-state index in [1.54, 1.807) is 6.07 Å². The highest BCUT2D eigenvalue weighted by molar-refractivity contribution is 6.19. The normalized spacial score (nSPS) is 19.8. The number of amides is 1. The second-order valence-electron chi connectivity index (χ2n) is 5.83. The summed E-state index contributed by atoms with van der Waals surface area (Å²) in [6.07, 6.45) is 0. The average Bonchev–Trinajstić information content (AvgIpc) is 2.98. The molecule has 1 amide bonds. The van der Waals surface area contributed by atoms with Gasteiger partial charge in [0.15, 0.2) is 5.41 Å². The molecule has 0 aromatic heterocycles. The fourth-order valence-electron chi connectivity index (χ4n) is 3.32. The Labute approximate surface area is 162 Å². The number of rotatable bonds is 3. The Morgan fingerprint density at radius 2 is 1.97 bits per heavy atom. The Hall–Kier alpha value is -4.40. The number of benzene rings is 1. The van der Waals surface area contributed by atoms with E-state index in [0.717, 1.165) is 26.4 Å². The monoisotopic (exact) mass is 400 g/mol. The maximum Gasteiger partial charge on any atom is 0.374 e. The van der Waals surface area contributed by atoms with Gasteiger partial charge in [-0.25, -0.2) is 9.59 Å². The third-order valence-corrected chi connectivity index (χ3v) is 4.51. The molecule has 1 atom stereocenters. The quantitative estimate of drug-likeness (QED) is 0.401. The first kappa shape index (κ1) is 19.4. The van der Waals surface area contributed by atoms with Gasteiger partial charge in [-0.1, -0.05) is 0 Å². The number of hydrogen-bond donors (Lipinski definition) is 2. The molecule has 3 N–H and O–H groups in total. The van der Waals surface area contributed by atoms with E-state index in [1.165, 1.54) is 6.07 Å². The molecule has 2 heterocycles. The van der Waals surface area contributed by atoms with E-state index in [4.69, 9.17) is 15.2 Å². The van der Waals surface area contributed by atoms with Crippen molar-refractivity contribution < 1.29 is 33.5 Å². The number of ether oxygens (including phenoxy) is 3. The number of nitrogens with zero attached hydrogens (tertiary/aromatic N) is 2. The molecule has 0 saturated heterocycles. The smallest absolute Gasteiger partial charge is 0.374 e. The van der Waals surface area contributed by atoms with Gasteiger partial charge in [0.1, 0.15) is 17.2 Å². The van der Waals surface area contributed by atoms with Crippen LogP contribution in [0.4, 0.5) is 11.4 Å². The van der Waals surface area contributed by atoms with Crippen LogP contribution in [0.3, 0.4) is 0 Å². The molecule has 2 aliphatic rings. The Balaban J connectivity index is 2.51. The van der Waals surface area contributed by atoms with E-state index < -0.39 is 56.7 Å². The fraction of sp³-hybridized carbons (Fsp3) is 0.176. The second-order valence-corrected chi connectivity index (χ2v) is 5.83. The predicted octanol–water partition coefficient (Wildman–Crippen LogP) is 0.109. The molecule has 0 aliphatic carbocycles. The van der Waals surface area contributed by atoms with E-state index in [2.05, 4.69) is 10.1 Å². The number of esters is 2. The average molecular weight is 400 g/mol. The SMILES string of the molecule is COC(=O)C1=C(C(=O)OC)C2(C(=O)Nc3ccc([N+](=O)[O-])cc32)C(C#N)=C(N)O1. The molecule has 29 heavy (non-hydrogen) atoms. The van der Waals surface area contributed by atoms with Gasteiger partial charge < -0.3 is 25.3 Å². The standard InChI is InChI=1S/C17H12N4O8/c1-27-14(22)11-12(15(23)28-2)29-13(19)9(6-18)17(11)8-5-7(21(25)26)3-4-10(8)20-16(17)24/h3-5H,19H2,1-2H3,(H,20,24). The summed E-state index contributed by atoms with van der Waals surface area (Å²) in [5.74, 6) is -4.73. The van der Waals surface area contributed by atoms with Gasteiger partial charge in [-0.3, -0.25) is 14.9 Å². The van der Waals surface area contributed by atoms with Crippen molar-refractivity contribution in [2.45, 2.75) is 5.41 Å². The molecule has 0 bridgehead atoms. The van der Waals surface area contributed by atoms with Crippen molar-refractivity contribution in [2.75, 3.05) is 19.5 Å². The summed E-state index contributed by atoms with van der Waals surface area (Å²) in [6, 6.07) is 5.05. The number of carbonyl (C=O) groups is 3. The van der Waals surface area contributed by atoms with Crippen LogP contribution in [0.1, 0.15) is 5.56 Å². The lowest BCUT2D eigenvalue weighted by atomic mass is 9.68. The van der Waals surface area contributed by atoms with Crippen molar-refractivity contribution in [2.24, 2.45) is 5.73 Å². The molecular formula is C17H12N4O8. The van der Waals surface area contributed by atoms with Crippen LogP contribution in [0.15, 0.2) is 41.0 Å². The number of fused-ring (bicyclic) bond motifs is 2. The summed E-state index contributed by atoms with van der Waals surface area (Å²) in [7, 11) is 1.97. The number of carbonyl (C=O) groups excluding carboxylic acids is 3. The van der Waals surface area contributed by atoms with Crippen molar-refractivity contribution >= 4 is 29.2 Å². The lowest BCUT2D eigenvalue weighted by Gasteiger charge is -2.33. The topological polar surface area (TPSA) is 184 Å². The van der Waals surface area contributed by atoms with Crippen molar-refractivity contribution in [3.63, 3.8) is 0 Å². The van der Waals surface area contributed by atoms with Gasteiger partial charge in [0.05, 0.1) is 19.1 Å². The van der Waals surface area contributed by atoms with Gasteiger partial charge in [0, 0.05) is 23.4 Å². The van der Waals surface area contributed by atoms with Crippen molar-refractivity contribution in [1.82, 2.24) is 0 Å². The highest BCUT2D eigenvalue weighted by Gasteiger charge is 2.61. The zero-order valence-corrected chi connectivity index (χ0v) is 15.0. The maximum absolute atomic E-state index is 13.1. The summed E-state index contributed by atoms with van der Waals surface area (Å²) in [5.41, 5.74) is 1.75. The van der Waals surface area contributed by atoms with Crippen molar-refractivity contribution in [1.29, 1.82) is 5.26 Å². The van der Waals surface area contributed by atoms with E-state index in [0.29, 0.717) is 0 Å². The van der Waals surface area contributed by atoms with Crippen LogP contribution in [0.25, 0.3) is 0 Å². The predicted molar refractivity (Wildman–Crippen MR) is 92.4 cm³/mol. The first-order valence-electron chi connectivity index (χ1n) is 7.83. The molecule has 1 aromatic rings. The lowest BCUT2D eigenvalue weighted by Crippen LogP contribution is -2.46. The van der Waals surface area contributed by atoms with Gasteiger partial charge >= 0.3 is 11.9 Å². The molecule has 0 saturated carbocycles. The third kappa shape index (κ3) is 2.48. The minimum Gasteiger partial charge on any atom is -0.466 e. The Morgan fingerprint density at radius 1 is 1.31 bits per heavy atom. The molecule has 12 heteroatoms. The van der Waals surface area contributed by atoms with Crippen LogP contribution in [-0.4, -0.2) is 37.0 Å². The van der Waals surface area contributed by atoms with Crippen LogP contribution >= 0.6 is 0 Å². The molecule has 3 rings (SSSR count). The number of nitriles is 1. The number of nitro benzene ring substituents is 1. The Morgan fingerprint density at radius 3 is 2.52 bits per heavy atom. The zero-order chi connectivity index (χ0) is 21.5. The van der Waals surface area contributed by atoms with Crippen LogP contribution in [0, 0.1) is 21.4 Å². The minimum absolute atomic E-state index is 0.0775. The zero-order valence-electron chi connectivity index (χ0n) is 15.0. The molecule has 1 unspecified atom stereocenters. The molecule has 12 nitrogen and oxygen atoms in total. The summed E-state index contributed by atoms with van der Waals surface area (Å²) in [5, 5.41) is 23.4. The molecular weight excluding hydrogens is 388 g/mol. The number of nitrogens with two attached hydrogens (primary N) is 1. The van der Waals surface area contributed by atoms with Crippen molar-refractivity contribution in [3.05, 3.63) is 56.7 Å². The first-order valence-corrected chi connectivity index (χ1v) is 7.83. The van der Waals surface area contributed by atoms with Crippen LogP contribution < -0.4 is 11.1 Å². The third-order valence-electron chi connectivity index (χ3n) is 4.51. The van der Waals surface area contributed by atoms with E-state index in [-0.39, 0.29) is 11.3 Å². The van der Waals surface area contributed by atoms with Crippen LogP contribution in [0.5, 0.6) is 0 Å². The number of nitro groups is 1. The minimum atomic E-state index is -2.31. The van der Waals surface area contributed by atoms with E-state index in [9.17, 15) is 29.8 Å². The second kappa shape index (κ2) is 6.64. The van der Waals surface area contributed by atoms with Gasteiger partial charge in [-0.05, 0) is 6.07 Å². The molecule has 1 spiro atoms. The number of nitrogens with one attached hydrogen (secondary N) is 1. The number of non-ortho nitro benzene ring substituents is 1. The lowest BCUT2D eigenvalue weighted by molar-refractivity contribution is -0.384. The summed E-state index contributed by atoms with van der Waals surface area (Å²) < 4.78 is 14.4.